The van der Waals surface area contributed by atoms with Gasteiger partial charge in [0, 0.05) is 31.2 Å². The number of anilines is 1. The molecule has 1 amide bonds. The van der Waals surface area contributed by atoms with Gasteiger partial charge in [0.25, 0.3) is 21.5 Å². The molecule has 1 N–H and O–H groups in total. The van der Waals surface area contributed by atoms with Crippen LogP contribution in [-0.2, 0) is 21.4 Å². The Morgan fingerprint density at radius 3 is 2.38 bits per heavy atom. The summed E-state index contributed by atoms with van der Waals surface area (Å²) in [6.07, 6.45) is 0.887. The number of fused-ring (bicyclic) bond motifs is 4. The molecule has 34 heavy (non-hydrogen) atoms. The number of nitrogens with one attached hydrogen (secondary N) is 1. The van der Waals surface area contributed by atoms with E-state index in [0.29, 0.717) is 25.4 Å². The predicted octanol–water partition coefficient (Wildman–Crippen LogP) is 2.67. The maximum absolute atomic E-state index is 13.2. The molecule has 3 heterocycles. The second-order valence-corrected chi connectivity index (χ2v) is 10.4. The zero-order chi connectivity index (χ0) is 23.7. The number of likely N-dealkylation sites (tertiary alicyclic amines) is 1. The van der Waals surface area contributed by atoms with Gasteiger partial charge in [0.1, 0.15) is 11.4 Å². The number of carbonyl (C=O) groups excluding carboxylic acids is 1. The molecular formula is C25H25N3O5S. The normalized spacial score (nSPS) is 19.2. The molecule has 8 nitrogen and oxygen atoms in total. The van der Waals surface area contributed by atoms with Crippen molar-refractivity contribution in [2.75, 3.05) is 24.4 Å². The fourth-order valence-electron chi connectivity index (χ4n) is 4.78. The minimum atomic E-state index is -3.86. The second-order valence-electron chi connectivity index (χ2n) is 8.71. The van der Waals surface area contributed by atoms with Crippen LogP contribution in [0.4, 0.5) is 5.69 Å². The number of para-hydroxylation sites is 1. The fraction of sp³-hybridized carbons (Fsp3) is 0.280. The number of rotatable bonds is 6. The van der Waals surface area contributed by atoms with Crippen molar-refractivity contribution < 1.29 is 17.9 Å². The highest BCUT2D eigenvalue weighted by Gasteiger charge is 2.37. The van der Waals surface area contributed by atoms with E-state index in [1.54, 1.807) is 28.8 Å². The first kappa shape index (κ1) is 22.2. The van der Waals surface area contributed by atoms with Crippen molar-refractivity contribution in [3.8, 4) is 5.75 Å². The molecule has 0 aliphatic carbocycles. The fourth-order valence-corrected chi connectivity index (χ4v) is 5.86. The third-order valence-corrected chi connectivity index (χ3v) is 7.74. The van der Waals surface area contributed by atoms with Gasteiger partial charge in [-0.3, -0.25) is 14.3 Å². The molecule has 1 aromatic heterocycles. The summed E-state index contributed by atoms with van der Waals surface area (Å²) in [5.74, 6) is 0.697. The topological polar surface area (TPSA) is 97.7 Å². The van der Waals surface area contributed by atoms with Crippen LogP contribution < -0.4 is 15.0 Å². The lowest BCUT2D eigenvalue weighted by molar-refractivity contribution is -0.136. The molecule has 1 fully saturated rings. The Labute approximate surface area is 197 Å². The number of benzene rings is 2. The molecule has 9 heteroatoms. The van der Waals surface area contributed by atoms with Gasteiger partial charge in [0.15, 0.2) is 6.61 Å². The SMILES string of the molecule is O=C(COc1ccccc1)N1CC2CC(C1)c1ccc(NS(=O)(=O)c3ccccc3)c(=O)n1C2. The standard InChI is InChI=1S/C25H25N3O5S/c29-24(17-33-20-7-3-1-4-8-20)27-14-18-13-19(16-27)23-12-11-22(25(30)28(23)15-18)26-34(31,32)21-9-5-2-6-10-21/h1-12,18-19,26H,13-17H2. The third kappa shape index (κ3) is 4.43. The highest BCUT2D eigenvalue weighted by Crippen LogP contribution is 2.35. The van der Waals surface area contributed by atoms with Crippen LogP contribution in [0.15, 0.2) is 82.5 Å². The third-order valence-electron chi connectivity index (χ3n) is 6.36. The molecule has 5 rings (SSSR count). The van der Waals surface area contributed by atoms with Crippen LogP contribution in [0.25, 0.3) is 0 Å². The van der Waals surface area contributed by atoms with E-state index in [9.17, 15) is 18.0 Å². The number of hydrogen-bond acceptors (Lipinski definition) is 5. The van der Waals surface area contributed by atoms with E-state index in [4.69, 9.17) is 4.74 Å². The van der Waals surface area contributed by atoms with Gasteiger partial charge in [-0.25, -0.2) is 8.42 Å². The number of pyridine rings is 1. The molecule has 0 spiro atoms. The molecule has 2 unspecified atom stereocenters. The Morgan fingerprint density at radius 1 is 0.941 bits per heavy atom. The predicted molar refractivity (Wildman–Crippen MR) is 127 cm³/mol. The lowest BCUT2D eigenvalue weighted by Crippen LogP contribution is -2.50. The summed E-state index contributed by atoms with van der Waals surface area (Å²) >= 11 is 0. The van der Waals surface area contributed by atoms with Crippen molar-refractivity contribution in [3.05, 3.63) is 88.8 Å². The van der Waals surface area contributed by atoms with Crippen molar-refractivity contribution >= 4 is 21.6 Å². The largest absolute Gasteiger partial charge is 0.484 e. The van der Waals surface area contributed by atoms with Gasteiger partial charge in [0.2, 0.25) is 0 Å². The van der Waals surface area contributed by atoms with Gasteiger partial charge in [-0.15, -0.1) is 0 Å². The van der Waals surface area contributed by atoms with E-state index >= 15 is 0 Å². The first-order valence-electron chi connectivity index (χ1n) is 11.2. The van der Waals surface area contributed by atoms with Crippen LogP contribution in [0.3, 0.4) is 0 Å². The highest BCUT2D eigenvalue weighted by molar-refractivity contribution is 7.92. The zero-order valence-electron chi connectivity index (χ0n) is 18.5. The number of nitrogens with zero attached hydrogens (tertiary/aromatic N) is 2. The Balaban J connectivity index is 1.32. The zero-order valence-corrected chi connectivity index (χ0v) is 19.3. The van der Waals surface area contributed by atoms with E-state index < -0.39 is 10.0 Å². The van der Waals surface area contributed by atoms with Crippen LogP contribution in [0, 0.1) is 5.92 Å². The lowest BCUT2D eigenvalue weighted by atomic mass is 9.83. The molecule has 0 radical (unpaired) electrons. The number of aromatic nitrogens is 1. The van der Waals surface area contributed by atoms with Crippen LogP contribution in [-0.4, -0.2) is 43.5 Å². The van der Waals surface area contributed by atoms with E-state index in [1.807, 2.05) is 35.2 Å². The van der Waals surface area contributed by atoms with E-state index in [0.717, 1.165) is 12.1 Å². The van der Waals surface area contributed by atoms with Crippen molar-refractivity contribution in [2.24, 2.45) is 5.92 Å². The first-order valence-corrected chi connectivity index (χ1v) is 12.7. The van der Waals surface area contributed by atoms with Crippen LogP contribution in [0.1, 0.15) is 18.0 Å². The second kappa shape index (κ2) is 8.98. The van der Waals surface area contributed by atoms with Gasteiger partial charge >= 0.3 is 0 Å². The average molecular weight is 480 g/mol. The number of ether oxygens (including phenoxy) is 1. The lowest BCUT2D eigenvalue weighted by Gasteiger charge is -2.42. The van der Waals surface area contributed by atoms with Crippen molar-refractivity contribution in [1.29, 1.82) is 0 Å². The van der Waals surface area contributed by atoms with Gasteiger partial charge < -0.3 is 14.2 Å². The molecule has 3 aromatic rings. The van der Waals surface area contributed by atoms with Crippen LogP contribution in [0.2, 0.25) is 0 Å². The Hall–Kier alpha value is -3.59. The van der Waals surface area contributed by atoms with Crippen molar-refractivity contribution in [2.45, 2.75) is 23.8 Å². The van der Waals surface area contributed by atoms with Gasteiger partial charge in [-0.05, 0) is 48.7 Å². The number of amides is 1. The summed E-state index contributed by atoms with van der Waals surface area (Å²) in [4.78, 5) is 27.9. The molecule has 1 saturated heterocycles. The number of carbonyl (C=O) groups is 1. The van der Waals surface area contributed by atoms with Gasteiger partial charge in [-0.2, -0.15) is 0 Å². The van der Waals surface area contributed by atoms with Crippen LogP contribution >= 0.6 is 0 Å². The monoisotopic (exact) mass is 479 g/mol. The van der Waals surface area contributed by atoms with Crippen LogP contribution in [0.5, 0.6) is 5.75 Å². The summed E-state index contributed by atoms with van der Waals surface area (Å²) in [6.45, 7) is 1.45. The molecule has 2 atom stereocenters. The molecular weight excluding hydrogens is 454 g/mol. The smallest absolute Gasteiger partial charge is 0.275 e. The first-order chi connectivity index (χ1) is 16.4. The van der Waals surface area contributed by atoms with Crippen molar-refractivity contribution in [3.63, 3.8) is 0 Å². The van der Waals surface area contributed by atoms with Crippen molar-refractivity contribution in [1.82, 2.24) is 9.47 Å². The number of piperidine rings is 1. The Bertz CT molecular complexity index is 1360. The Kier molecular flexibility index (Phi) is 5.87. The van der Waals surface area contributed by atoms with E-state index in [1.165, 1.54) is 18.2 Å². The number of hydrogen-bond donors (Lipinski definition) is 1. The Morgan fingerprint density at radius 2 is 1.65 bits per heavy atom. The summed E-state index contributed by atoms with van der Waals surface area (Å²) in [5.41, 5.74) is 0.487. The minimum absolute atomic E-state index is 0.0145. The summed E-state index contributed by atoms with van der Waals surface area (Å²) < 4.78 is 35.1. The molecule has 2 aliphatic heterocycles. The number of sulfonamides is 1. The average Bonchev–Trinajstić information content (AvgIpc) is 2.85. The van der Waals surface area contributed by atoms with E-state index in [2.05, 4.69) is 4.72 Å². The quantitative estimate of drug-likeness (QED) is 0.586. The minimum Gasteiger partial charge on any atom is -0.484 e. The highest BCUT2D eigenvalue weighted by atomic mass is 32.2. The summed E-state index contributed by atoms with van der Waals surface area (Å²) in [5, 5.41) is 0. The summed E-state index contributed by atoms with van der Waals surface area (Å²) in [6, 6.07) is 20.5. The molecule has 176 valence electrons. The molecule has 2 bridgehead atoms. The maximum atomic E-state index is 13.2. The molecule has 2 aliphatic rings. The van der Waals surface area contributed by atoms with Gasteiger partial charge in [-0.1, -0.05) is 36.4 Å². The summed E-state index contributed by atoms with van der Waals surface area (Å²) in [7, 11) is -3.86. The van der Waals surface area contributed by atoms with Gasteiger partial charge in [0.05, 0.1) is 4.90 Å². The molecule has 0 saturated carbocycles. The molecule has 2 aromatic carbocycles. The van der Waals surface area contributed by atoms with E-state index in [-0.39, 0.29) is 40.5 Å². The maximum Gasteiger partial charge on any atom is 0.275 e.